The van der Waals surface area contributed by atoms with Crippen molar-refractivity contribution in [1.82, 2.24) is 5.32 Å². The number of carbonyl (C=O) groups excluding carboxylic acids is 1. The number of methoxy groups -OCH3 is 2. The second-order valence-electron chi connectivity index (χ2n) is 6.40. The SMILES string of the molecule is COc1ccc(CCNC(=O)c2ccccc2Sc2ccccc2C#N)cc1OC. The summed E-state index contributed by atoms with van der Waals surface area (Å²) in [6.07, 6.45) is 0.665. The lowest BCUT2D eigenvalue weighted by atomic mass is 10.1. The predicted octanol–water partition coefficient (Wildman–Crippen LogP) is 4.70. The number of nitriles is 1. The lowest BCUT2D eigenvalue weighted by molar-refractivity contribution is 0.0951. The van der Waals surface area contributed by atoms with Crippen LogP contribution < -0.4 is 14.8 Å². The number of nitrogens with zero attached hydrogens (tertiary/aromatic N) is 1. The molecule has 0 bridgehead atoms. The van der Waals surface area contributed by atoms with Crippen molar-refractivity contribution in [3.8, 4) is 17.6 Å². The molecule has 0 aliphatic carbocycles. The first-order valence-electron chi connectivity index (χ1n) is 9.41. The van der Waals surface area contributed by atoms with Gasteiger partial charge in [0.15, 0.2) is 11.5 Å². The molecule has 0 aliphatic rings. The third-order valence-electron chi connectivity index (χ3n) is 4.51. The molecule has 0 aliphatic heterocycles. The molecule has 1 amide bonds. The molecule has 3 aromatic carbocycles. The molecular weight excluding hydrogens is 396 g/mol. The Morgan fingerprint density at radius 3 is 2.40 bits per heavy atom. The Hall–Kier alpha value is -3.43. The van der Waals surface area contributed by atoms with Gasteiger partial charge in [-0.25, -0.2) is 0 Å². The Morgan fingerprint density at radius 1 is 0.967 bits per heavy atom. The summed E-state index contributed by atoms with van der Waals surface area (Å²) in [4.78, 5) is 14.4. The number of nitrogens with one attached hydrogen (secondary N) is 1. The smallest absolute Gasteiger partial charge is 0.252 e. The van der Waals surface area contributed by atoms with E-state index >= 15 is 0 Å². The molecule has 152 valence electrons. The van der Waals surface area contributed by atoms with Crippen molar-refractivity contribution in [2.75, 3.05) is 20.8 Å². The summed E-state index contributed by atoms with van der Waals surface area (Å²) in [5.41, 5.74) is 2.22. The first kappa shape index (κ1) is 21.3. The van der Waals surface area contributed by atoms with Gasteiger partial charge in [-0.15, -0.1) is 0 Å². The summed E-state index contributed by atoms with van der Waals surface area (Å²) in [5, 5.41) is 12.3. The summed E-state index contributed by atoms with van der Waals surface area (Å²) in [6, 6.07) is 22.7. The number of hydrogen-bond donors (Lipinski definition) is 1. The largest absolute Gasteiger partial charge is 0.493 e. The minimum absolute atomic E-state index is 0.145. The Balaban J connectivity index is 1.67. The van der Waals surface area contributed by atoms with Crippen LogP contribution in [-0.4, -0.2) is 26.7 Å². The lowest BCUT2D eigenvalue weighted by Crippen LogP contribution is -2.26. The molecular formula is C24H22N2O3S. The van der Waals surface area contributed by atoms with Gasteiger partial charge in [0.25, 0.3) is 5.91 Å². The Kier molecular flexibility index (Phi) is 7.36. The van der Waals surface area contributed by atoms with Crippen LogP contribution in [0.5, 0.6) is 11.5 Å². The van der Waals surface area contributed by atoms with Crippen molar-refractivity contribution in [2.24, 2.45) is 0 Å². The lowest BCUT2D eigenvalue weighted by Gasteiger charge is -2.12. The van der Waals surface area contributed by atoms with Crippen LogP contribution in [0, 0.1) is 11.3 Å². The first-order valence-corrected chi connectivity index (χ1v) is 10.2. The summed E-state index contributed by atoms with van der Waals surface area (Å²) in [5.74, 6) is 1.20. The van der Waals surface area contributed by atoms with Crippen LogP contribution in [0.15, 0.2) is 76.5 Å². The Labute approximate surface area is 180 Å². The maximum atomic E-state index is 12.8. The van der Waals surface area contributed by atoms with Gasteiger partial charge in [-0.1, -0.05) is 42.1 Å². The van der Waals surface area contributed by atoms with E-state index in [0.29, 0.717) is 35.6 Å². The number of rotatable bonds is 8. The average molecular weight is 419 g/mol. The summed E-state index contributed by atoms with van der Waals surface area (Å²) >= 11 is 1.42. The third kappa shape index (κ3) is 5.13. The van der Waals surface area contributed by atoms with E-state index in [1.54, 1.807) is 26.4 Å². The maximum Gasteiger partial charge on any atom is 0.252 e. The van der Waals surface area contributed by atoms with Crippen LogP contribution in [0.4, 0.5) is 0 Å². The van der Waals surface area contributed by atoms with Crippen LogP contribution in [0.1, 0.15) is 21.5 Å². The van der Waals surface area contributed by atoms with Crippen molar-refractivity contribution >= 4 is 17.7 Å². The number of carbonyl (C=O) groups is 1. The fourth-order valence-corrected chi connectivity index (χ4v) is 3.99. The van der Waals surface area contributed by atoms with Crippen LogP contribution >= 0.6 is 11.8 Å². The number of ether oxygens (including phenoxy) is 2. The van der Waals surface area contributed by atoms with Gasteiger partial charge in [0.1, 0.15) is 6.07 Å². The molecule has 0 heterocycles. The van der Waals surface area contributed by atoms with E-state index < -0.39 is 0 Å². The maximum absolute atomic E-state index is 12.8. The van der Waals surface area contributed by atoms with Gasteiger partial charge in [0.05, 0.1) is 25.3 Å². The molecule has 3 aromatic rings. The summed E-state index contributed by atoms with van der Waals surface area (Å²) in [7, 11) is 3.20. The molecule has 0 unspecified atom stereocenters. The molecule has 0 saturated heterocycles. The van der Waals surface area contributed by atoms with E-state index in [1.807, 2.05) is 54.6 Å². The highest BCUT2D eigenvalue weighted by atomic mass is 32.2. The minimum atomic E-state index is -0.145. The quantitative estimate of drug-likeness (QED) is 0.574. The average Bonchev–Trinajstić information content (AvgIpc) is 2.79. The molecule has 5 nitrogen and oxygen atoms in total. The van der Waals surface area contributed by atoms with E-state index in [1.165, 1.54) is 11.8 Å². The first-order chi connectivity index (χ1) is 14.7. The zero-order chi connectivity index (χ0) is 21.3. The van der Waals surface area contributed by atoms with Gasteiger partial charge >= 0.3 is 0 Å². The Bertz CT molecular complexity index is 1080. The summed E-state index contributed by atoms with van der Waals surface area (Å²) in [6.45, 7) is 0.488. The van der Waals surface area contributed by atoms with Crippen molar-refractivity contribution in [3.05, 3.63) is 83.4 Å². The molecule has 30 heavy (non-hydrogen) atoms. The predicted molar refractivity (Wildman–Crippen MR) is 117 cm³/mol. The highest BCUT2D eigenvalue weighted by Gasteiger charge is 2.13. The van der Waals surface area contributed by atoms with E-state index in [0.717, 1.165) is 15.4 Å². The fourth-order valence-electron chi connectivity index (χ4n) is 2.96. The molecule has 0 aromatic heterocycles. The molecule has 3 rings (SSSR count). The van der Waals surface area contributed by atoms with E-state index in [-0.39, 0.29) is 5.91 Å². The number of benzene rings is 3. The second kappa shape index (κ2) is 10.4. The number of amides is 1. The van der Waals surface area contributed by atoms with Gasteiger partial charge < -0.3 is 14.8 Å². The normalized spacial score (nSPS) is 10.2. The standard InChI is InChI=1S/C24H22N2O3S/c1-28-20-12-11-17(15-21(20)29-2)13-14-26-24(27)19-8-4-6-10-23(19)30-22-9-5-3-7-18(22)16-25/h3-12,15H,13-14H2,1-2H3,(H,26,27). The van der Waals surface area contributed by atoms with Crippen molar-refractivity contribution in [2.45, 2.75) is 16.2 Å². The van der Waals surface area contributed by atoms with E-state index in [4.69, 9.17) is 9.47 Å². The third-order valence-corrected chi connectivity index (χ3v) is 5.66. The zero-order valence-corrected chi connectivity index (χ0v) is 17.7. The van der Waals surface area contributed by atoms with Gasteiger partial charge in [0.2, 0.25) is 0 Å². The van der Waals surface area contributed by atoms with Crippen LogP contribution in [0.25, 0.3) is 0 Å². The van der Waals surface area contributed by atoms with Gasteiger partial charge in [-0.2, -0.15) is 5.26 Å². The molecule has 0 saturated carbocycles. The molecule has 0 spiro atoms. The van der Waals surface area contributed by atoms with Crippen LogP contribution in [0.2, 0.25) is 0 Å². The molecule has 0 radical (unpaired) electrons. The molecule has 6 heteroatoms. The fraction of sp³-hybridized carbons (Fsp3) is 0.167. The topological polar surface area (TPSA) is 71.3 Å². The monoisotopic (exact) mass is 418 g/mol. The van der Waals surface area contributed by atoms with E-state index in [2.05, 4.69) is 11.4 Å². The van der Waals surface area contributed by atoms with Gasteiger partial charge in [0, 0.05) is 16.3 Å². The van der Waals surface area contributed by atoms with Gasteiger partial charge in [-0.3, -0.25) is 4.79 Å². The molecule has 0 fully saturated rings. The van der Waals surface area contributed by atoms with Crippen molar-refractivity contribution in [3.63, 3.8) is 0 Å². The van der Waals surface area contributed by atoms with E-state index in [9.17, 15) is 10.1 Å². The van der Waals surface area contributed by atoms with Crippen molar-refractivity contribution in [1.29, 1.82) is 5.26 Å². The number of hydrogen-bond acceptors (Lipinski definition) is 5. The second-order valence-corrected chi connectivity index (χ2v) is 7.49. The Morgan fingerprint density at radius 2 is 1.67 bits per heavy atom. The van der Waals surface area contributed by atoms with Crippen LogP contribution in [0.3, 0.4) is 0 Å². The molecule has 0 atom stereocenters. The van der Waals surface area contributed by atoms with Crippen LogP contribution in [-0.2, 0) is 6.42 Å². The van der Waals surface area contributed by atoms with Crippen molar-refractivity contribution < 1.29 is 14.3 Å². The minimum Gasteiger partial charge on any atom is -0.493 e. The zero-order valence-electron chi connectivity index (χ0n) is 16.8. The highest BCUT2D eigenvalue weighted by molar-refractivity contribution is 7.99. The van der Waals surface area contributed by atoms with Gasteiger partial charge in [-0.05, 0) is 48.4 Å². The highest BCUT2D eigenvalue weighted by Crippen LogP contribution is 2.32. The molecule has 1 N–H and O–H groups in total. The summed E-state index contributed by atoms with van der Waals surface area (Å²) < 4.78 is 10.6.